The number of methoxy groups -OCH3 is 1. The molecule has 2 rings (SSSR count). The summed E-state index contributed by atoms with van der Waals surface area (Å²) in [7, 11) is 1.58. The zero-order valence-electron chi connectivity index (χ0n) is 15.1. The molecule has 0 saturated heterocycles. The van der Waals surface area contributed by atoms with Crippen LogP contribution >= 0.6 is 11.6 Å². The van der Waals surface area contributed by atoms with Gasteiger partial charge in [0.1, 0.15) is 0 Å². The van der Waals surface area contributed by atoms with E-state index in [0.717, 1.165) is 35.2 Å². The molecule has 0 atom stereocenters. The van der Waals surface area contributed by atoms with Crippen molar-refractivity contribution in [2.24, 2.45) is 0 Å². The molecule has 0 aliphatic heterocycles. The number of hydrogen-bond acceptors (Lipinski definition) is 3. The van der Waals surface area contributed by atoms with Gasteiger partial charge >= 0.3 is 0 Å². The van der Waals surface area contributed by atoms with Crippen LogP contribution in [-0.2, 0) is 17.6 Å². The average molecular weight is 362 g/mol. The third-order valence-electron chi connectivity index (χ3n) is 4.02. The van der Waals surface area contributed by atoms with E-state index >= 15 is 0 Å². The van der Waals surface area contributed by atoms with Crippen molar-refractivity contribution in [2.45, 2.75) is 33.6 Å². The van der Waals surface area contributed by atoms with Crippen molar-refractivity contribution in [3.8, 4) is 11.5 Å². The van der Waals surface area contributed by atoms with E-state index in [1.165, 1.54) is 0 Å². The van der Waals surface area contributed by atoms with Crippen molar-refractivity contribution in [3.05, 3.63) is 52.0 Å². The molecule has 2 aromatic rings. The predicted molar refractivity (Wildman–Crippen MR) is 102 cm³/mol. The normalized spacial score (nSPS) is 10.4. The van der Waals surface area contributed by atoms with E-state index in [4.69, 9.17) is 21.1 Å². The number of rotatable bonds is 7. The third kappa shape index (κ3) is 4.67. The molecule has 25 heavy (non-hydrogen) atoms. The molecule has 0 saturated carbocycles. The van der Waals surface area contributed by atoms with Crippen molar-refractivity contribution < 1.29 is 14.3 Å². The monoisotopic (exact) mass is 361 g/mol. The van der Waals surface area contributed by atoms with Crippen LogP contribution in [-0.4, -0.2) is 19.6 Å². The molecule has 0 aliphatic rings. The summed E-state index contributed by atoms with van der Waals surface area (Å²) < 4.78 is 10.9. The molecule has 0 radical (unpaired) electrons. The molecule has 0 unspecified atom stereocenters. The van der Waals surface area contributed by atoms with Crippen LogP contribution in [0.5, 0.6) is 11.5 Å². The van der Waals surface area contributed by atoms with E-state index in [1.807, 2.05) is 45.0 Å². The number of aryl methyl sites for hydroxylation is 2. The lowest BCUT2D eigenvalue weighted by molar-refractivity contribution is -0.118. The highest BCUT2D eigenvalue weighted by Gasteiger charge is 2.14. The summed E-state index contributed by atoms with van der Waals surface area (Å²) in [6, 6.07) is 9.41. The van der Waals surface area contributed by atoms with Crippen molar-refractivity contribution in [3.63, 3.8) is 0 Å². The second kappa shape index (κ2) is 8.77. The van der Waals surface area contributed by atoms with Crippen molar-refractivity contribution in [1.29, 1.82) is 0 Å². The van der Waals surface area contributed by atoms with E-state index < -0.39 is 0 Å². The van der Waals surface area contributed by atoms with Gasteiger partial charge in [-0.1, -0.05) is 37.6 Å². The molecule has 1 amide bonds. The van der Waals surface area contributed by atoms with Gasteiger partial charge in [0.25, 0.3) is 5.91 Å². The second-order valence-electron chi connectivity index (χ2n) is 5.76. The molecule has 134 valence electrons. The Bertz CT molecular complexity index is 759. The Morgan fingerprint density at radius 2 is 1.88 bits per heavy atom. The molecular formula is C20H24ClNO3. The Balaban J connectivity index is 2.12. The lowest BCUT2D eigenvalue weighted by atomic mass is 10.0. The highest BCUT2D eigenvalue weighted by Crippen LogP contribution is 2.30. The Labute approximate surface area is 154 Å². The van der Waals surface area contributed by atoms with Gasteiger partial charge in [-0.2, -0.15) is 0 Å². The van der Waals surface area contributed by atoms with Crippen LogP contribution in [0.25, 0.3) is 0 Å². The summed E-state index contributed by atoms with van der Waals surface area (Å²) in [6.45, 7) is 5.94. The standard InChI is InChI=1S/C20H24ClNO3/c1-5-14-8-9-16(21)15(6-2)20(14)22-19(23)12-25-17-10-7-13(3)11-18(17)24-4/h7-11H,5-6,12H2,1-4H3,(H,22,23). The van der Waals surface area contributed by atoms with Crippen LogP contribution in [0.15, 0.2) is 30.3 Å². The maximum Gasteiger partial charge on any atom is 0.262 e. The highest BCUT2D eigenvalue weighted by molar-refractivity contribution is 6.32. The molecule has 5 heteroatoms. The van der Waals surface area contributed by atoms with Crippen molar-refractivity contribution >= 4 is 23.2 Å². The number of carbonyl (C=O) groups excluding carboxylic acids is 1. The van der Waals surface area contributed by atoms with Gasteiger partial charge in [-0.3, -0.25) is 4.79 Å². The lowest BCUT2D eigenvalue weighted by Crippen LogP contribution is -2.22. The smallest absolute Gasteiger partial charge is 0.262 e. The Morgan fingerprint density at radius 3 is 2.52 bits per heavy atom. The van der Waals surface area contributed by atoms with Crippen LogP contribution in [0.1, 0.15) is 30.5 Å². The summed E-state index contributed by atoms with van der Waals surface area (Å²) in [5, 5.41) is 3.61. The SMILES string of the molecule is CCc1ccc(Cl)c(CC)c1NC(=O)COc1ccc(C)cc1OC. The number of nitrogens with one attached hydrogen (secondary N) is 1. The number of halogens is 1. The number of benzene rings is 2. The predicted octanol–water partition coefficient (Wildman–Crippen LogP) is 4.80. The van der Waals surface area contributed by atoms with Crippen LogP contribution in [0.2, 0.25) is 5.02 Å². The molecule has 0 aliphatic carbocycles. The van der Waals surface area contributed by atoms with Gasteiger partial charge in [0.15, 0.2) is 18.1 Å². The van der Waals surface area contributed by atoms with Crippen LogP contribution < -0.4 is 14.8 Å². The fourth-order valence-electron chi connectivity index (χ4n) is 2.68. The van der Waals surface area contributed by atoms with E-state index in [0.29, 0.717) is 16.5 Å². The van der Waals surface area contributed by atoms with Gasteiger partial charge in [-0.15, -0.1) is 0 Å². The number of anilines is 1. The van der Waals surface area contributed by atoms with Gasteiger partial charge in [-0.05, 0) is 54.7 Å². The van der Waals surface area contributed by atoms with Crippen LogP contribution in [0.3, 0.4) is 0 Å². The fraction of sp³-hybridized carbons (Fsp3) is 0.350. The maximum atomic E-state index is 12.4. The fourth-order valence-corrected chi connectivity index (χ4v) is 2.97. The van der Waals surface area contributed by atoms with E-state index in [9.17, 15) is 4.79 Å². The van der Waals surface area contributed by atoms with Crippen molar-refractivity contribution in [2.75, 3.05) is 19.0 Å². The third-order valence-corrected chi connectivity index (χ3v) is 4.37. The van der Waals surface area contributed by atoms with Gasteiger partial charge in [-0.25, -0.2) is 0 Å². The molecule has 0 heterocycles. The summed E-state index contributed by atoms with van der Waals surface area (Å²) in [5.74, 6) is 0.925. The Hall–Kier alpha value is -2.20. The zero-order chi connectivity index (χ0) is 18.4. The second-order valence-corrected chi connectivity index (χ2v) is 6.17. The largest absolute Gasteiger partial charge is 0.493 e. The first-order valence-electron chi connectivity index (χ1n) is 8.37. The topological polar surface area (TPSA) is 47.6 Å². The summed E-state index contributed by atoms with van der Waals surface area (Å²) >= 11 is 6.27. The van der Waals surface area contributed by atoms with Gasteiger partial charge in [0.2, 0.25) is 0 Å². The zero-order valence-corrected chi connectivity index (χ0v) is 15.9. The van der Waals surface area contributed by atoms with E-state index in [-0.39, 0.29) is 12.5 Å². The molecule has 0 fully saturated rings. The maximum absolute atomic E-state index is 12.4. The van der Waals surface area contributed by atoms with Crippen LogP contribution in [0.4, 0.5) is 5.69 Å². The molecule has 1 N–H and O–H groups in total. The molecule has 2 aromatic carbocycles. The first-order chi connectivity index (χ1) is 12.0. The Morgan fingerprint density at radius 1 is 1.12 bits per heavy atom. The number of ether oxygens (including phenoxy) is 2. The molecule has 0 bridgehead atoms. The minimum absolute atomic E-state index is 0.0990. The van der Waals surface area contributed by atoms with E-state index in [1.54, 1.807) is 13.2 Å². The van der Waals surface area contributed by atoms with Gasteiger partial charge in [0, 0.05) is 10.7 Å². The lowest BCUT2D eigenvalue weighted by Gasteiger charge is -2.16. The molecule has 0 spiro atoms. The highest BCUT2D eigenvalue weighted by atomic mass is 35.5. The first kappa shape index (κ1) is 19.1. The van der Waals surface area contributed by atoms with Gasteiger partial charge in [0.05, 0.1) is 7.11 Å². The van der Waals surface area contributed by atoms with Crippen LogP contribution in [0, 0.1) is 6.92 Å². The minimum atomic E-state index is -0.228. The number of hydrogen-bond donors (Lipinski definition) is 1. The summed E-state index contributed by atoms with van der Waals surface area (Å²) in [5.41, 5.74) is 3.86. The summed E-state index contributed by atoms with van der Waals surface area (Å²) in [6.07, 6.45) is 1.56. The van der Waals surface area contributed by atoms with E-state index in [2.05, 4.69) is 5.32 Å². The quantitative estimate of drug-likeness (QED) is 0.770. The van der Waals surface area contributed by atoms with Crippen molar-refractivity contribution in [1.82, 2.24) is 0 Å². The molecular weight excluding hydrogens is 338 g/mol. The summed E-state index contributed by atoms with van der Waals surface area (Å²) in [4.78, 5) is 12.4. The average Bonchev–Trinajstić information content (AvgIpc) is 2.61. The first-order valence-corrected chi connectivity index (χ1v) is 8.75. The minimum Gasteiger partial charge on any atom is -0.493 e. The molecule has 0 aromatic heterocycles. The van der Waals surface area contributed by atoms with Gasteiger partial charge < -0.3 is 14.8 Å². The number of carbonyl (C=O) groups is 1. The molecule has 4 nitrogen and oxygen atoms in total. The Kier molecular flexibility index (Phi) is 6.71. The number of amides is 1.